The second-order valence-electron chi connectivity index (χ2n) is 9.22. The van der Waals surface area contributed by atoms with E-state index in [1.807, 2.05) is 0 Å². The molecule has 1 atom stereocenters. The molecular formula is C22H29ClN2O4. The van der Waals surface area contributed by atoms with Crippen LogP contribution >= 0.6 is 11.6 Å². The monoisotopic (exact) mass is 420 g/mol. The first-order valence-electron chi connectivity index (χ1n) is 10.4. The summed E-state index contributed by atoms with van der Waals surface area (Å²) in [7, 11) is 1.43. The minimum absolute atomic E-state index is 0.0857. The van der Waals surface area contributed by atoms with E-state index < -0.39 is 5.97 Å². The fourth-order valence-corrected chi connectivity index (χ4v) is 6.41. The van der Waals surface area contributed by atoms with Crippen molar-refractivity contribution in [3.63, 3.8) is 0 Å². The highest BCUT2D eigenvalue weighted by Crippen LogP contribution is 2.61. The molecule has 4 aliphatic rings. The van der Waals surface area contributed by atoms with Crippen molar-refractivity contribution >= 4 is 29.2 Å². The molecule has 0 aliphatic heterocycles. The number of hydrogen-bond acceptors (Lipinski definition) is 5. The van der Waals surface area contributed by atoms with E-state index in [9.17, 15) is 9.59 Å². The Balaban J connectivity index is 1.35. The number of carbonyl (C=O) groups is 2. The first kappa shape index (κ1) is 20.3. The number of carbonyl (C=O) groups excluding carboxylic acids is 2. The minimum atomic E-state index is -0.665. The van der Waals surface area contributed by atoms with E-state index in [1.54, 1.807) is 0 Å². The molecule has 7 heteroatoms. The van der Waals surface area contributed by atoms with Crippen LogP contribution in [0.5, 0.6) is 5.75 Å². The lowest BCUT2D eigenvalue weighted by molar-refractivity contribution is -0.128. The van der Waals surface area contributed by atoms with Crippen LogP contribution in [0.1, 0.15) is 55.8 Å². The van der Waals surface area contributed by atoms with Gasteiger partial charge in [-0.3, -0.25) is 4.79 Å². The van der Waals surface area contributed by atoms with Gasteiger partial charge in [-0.25, -0.2) is 4.79 Å². The van der Waals surface area contributed by atoms with E-state index in [-0.39, 0.29) is 40.3 Å². The molecule has 6 nitrogen and oxygen atoms in total. The van der Waals surface area contributed by atoms with Crippen molar-refractivity contribution < 1.29 is 19.1 Å². The number of benzene rings is 1. The van der Waals surface area contributed by atoms with Crippen LogP contribution in [-0.2, 0) is 9.53 Å². The molecule has 0 spiro atoms. The first-order valence-corrected chi connectivity index (χ1v) is 10.8. The van der Waals surface area contributed by atoms with Gasteiger partial charge in [-0.1, -0.05) is 11.6 Å². The lowest BCUT2D eigenvalue weighted by Crippen LogP contribution is -2.56. The molecule has 1 amide bonds. The van der Waals surface area contributed by atoms with Gasteiger partial charge in [-0.2, -0.15) is 0 Å². The Kier molecular flexibility index (Phi) is 5.40. The van der Waals surface area contributed by atoms with Gasteiger partial charge in [0.2, 0.25) is 0 Å². The molecule has 0 heterocycles. The van der Waals surface area contributed by atoms with Crippen molar-refractivity contribution in [3.8, 4) is 5.75 Å². The fourth-order valence-electron chi connectivity index (χ4n) is 6.25. The summed E-state index contributed by atoms with van der Waals surface area (Å²) in [6.45, 7) is 1.77. The summed E-state index contributed by atoms with van der Waals surface area (Å²) in [5.41, 5.74) is 6.40. The topological polar surface area (TPSA) is 90.7 Å². The maximum absolute atomic E-state index is 12.5. The quantitative estimate of drug-likeness (QED) is 0.539. The average Bonchev–Trinajstić information content (AvgIpc) is 2.66. The van der Waals surface area contributed by atoms with Crippen LogP contribution in [0, 0.1) is 23.2 Å². The average molecular weight is 421 g/mol. The summed E-state index contributed by atoms with van der Waals surface area (Å²) >= 11 is 6.00. The zero-order chi connectivity index (χ0) is 20.8. The lowest BCUT2D eigenvalue weighted by Gasteiger charge is -2.59. The molecule has 158 valence electrons. The molecule has 0 radical (unpaired) electrons. The van der Waals surface area contributed by atoms with Gasteiger partial charge in [-0.05, 0) is 74.7 Å². The van der Waals surface area contributed by atoms with Crippen molar-refractivity contribution in [1.29, 1.82) is 0 Å². The third-order valence-electron chi connectivity index (χ3n) is 7.25. The molecule has 4 saturated carbocycles. The van der Waals surface area contributed by atoms with E-state index in [0.717, 1.165) is 17.8 Å². The Bertz CT molecular complexity index is 790. The number of ether oxygens (including phenoxy) is 2. The fraction of sp³-hybridized carbons (Fsp3) is 0.636. The van der Waals surface area contributed by atoms with Gasteiger partial charge in [0.15, 0.2) is 6.61 Å². The zero-order valence-electron chi connectivity index (χ0n) is 17.0. The highest BCUT2D eigenvalue weighted by Gasteiger charge is 2.53. The van der Waals surface area contributed by atoms with E-state index in [0.29, 0.717) is 5.69 Å². The van der Waals surface area contributed by atoms with Crippen molar-refractivity contribution in [2.75, 3.05) is 19.5 Å². The summed E-state index contributed by atoms with van der Waals surface area (Å²) in [5.74, 6) is 1.78. The molecule has 29 heavy (non-hydrogen) atoms. The van der Waals surface area contributed by atoms with Crippen LogP contribution in [-0.4, -0.2) is 31.6 Å². The molecule has 4 aliphatic carbocycles. The third kappa shape index (κ3) is 3.91. The van der Waals surface area contributed by atoms with E-state index >= 15 is 0 Å². The molecular weight excluding hydrogens is 392 g/mol. The second-order valence-corrected chi connectivity index (χ2v) is 9.63. The van der Waals surface area contributed by atoms with Crippen LogP contribution < -0.4 is 15.8 Å². The Morgan fingerprint density at radius 2 is 1.79 bits per heavy atom. The normalized spacial score (nSPS) is 30.7. The Hall–Kier alpha value is -1.95. The van der Waals surface area contributed by atoms with Crippen LogP contribution in [0.15, 0.2) is 12.1 Å². The summed E-state index contributed by atoms with van der Waals surface area (Å²) < 4.78 is 10.4. The van der Waals surface area contributed by atoms with Gasteiger partial charge in [0.25, 0.3) is 5.91 Å². The first-order chi connectivity index (χ1) is 13.8. The highest BCUT2D eigenvalue weighted by molar-refractivity contribution is 6.33. The number of halogens is 1. The van der Waals surface area contributed by atoms with E-state index in [1.165, 1.54) is 57.8 Å². The number of amides is 1. The molecule has 1 aromatic rings. The Labute approximate surface area is 176 Å². The summed E-state index contributed by atoms with van der Waals surface area (Å²) in [6.07, 6.45) is 7.72. The molecule has 1 aromatic carbocycles. The number of nitrogens with two attached hydrogens (primary N) is 1. The maximum Gasteiger partial charge on any atom is 0.342 e. The van der Waals surface area contributed by atoms with Gasteiger partial charge >= 0.3 is 5.97 Å². The molecule has 0 saturated heterocycles. The molecule has 4 bridgehead atoms. The van der Waals surface area contributed by atoms with Crippen molar-refractivity contribution in [3.05, 3.63) is 22.7 Å². The number of rotatable bonds is 6. The number of methoxy groups -OCH3 is 1. The lowest BCUT2D eigenvalue weighted by atomic mass is 9.48. The van der Waals surface area contributed by atoms with E-state index in [4.69, 9.17) is 26.8 Å². The standard InChI is InChI=1S/C22H29ClN2O4/c1-12(22-8-13-3-14(9-22)5-15(4-13)10-22)25-20(26)11-29-21(27)16-6-17(23)18(24)7-19(16)28-2/h6-7,12-15H,3-5,8-11,24H2,1-2H3,(H,25,26)/t12-,13?,14?,15?,22?/m0/s1. The van der Waals surface area contributed by atoms with E-state index in [2.05, 4.69) is 12.2 Å². The Morgan fingerprint density at radius 1 is 1.21 bits per heavy atom. The number of nitrogen functional groups attached to an aromatic ring is 1. The number of esters is 1. The Morgan fingerprint density at radius 3 is 2.34 bits per heavy atom. The largest absolute Gasteiger partial charge is 0.496 e. The predicted octanol–water partition coefficient (Wildman–Crippen LogP) is 3.81. The summed E-state index contributed by atoms with van der Waals surface area (Å²) in [5, 5.41) is 3.33. The SMILES string of the molecule is COc1cc(N)c(Cl)cc1C(=O)OCC(=O)N[C@@H](C)C12CC3CC(CC(C3)C1)C2. The number of nitrogens with one attached hydrogen (secondary N) is 1. The van der Waals surface area contributed by atoms with Gasteiger partial charge in [0.05, 0.1) is 17.8 Å². The van der Waals surface area contributed by atoms with Crippen LogP contribution in [0.25, 0.3) is 0 Å². The smallest absolute Gasteiger partial charge is 0.342 e. The summed E-state index contributed by atoms with van der Waals surface area (Å²) in [4.78, 5) is 24.9. The van der Waals surface area contributed by atoms with Crippen LogP contribution in [0.2, 0.25) is 5.02 Å². The van der Waals surface area contributed by atoms with Gasteiger partial charge in [0.1, 0.15) is 11.3 Å². The molecule has 3 N–H and O–H groups in total. The predicted molar refractivity (Wildman–Crippen MR) is 111 cm³/mol. The van der Waals surface area contributed by atoms with Gasteiger partial charge in [0, 0.05) is 12.1 Å². The third-order valence-corrected chi connectivity index (χ3v) is 7.58. The van der Waals surface area contributed by atoms with Crippen LogP contribution in [0.4, 0.5) is 5.69 Å². The van der Waals surface area contributed by atoms with Gasteiger partial charge in [-0.15, -0.1) is 0 Å². The molecule has 4 fully saturated rings. The zero-order valence-corrected chi connectivity index (χ0v) is 17.8. The van der Waals surface area contributed by atoms with Crippen molar-refractivity contribution in [2.24, 2.45) is 23.2 Å². The highest BCUT2D eigenvalue weighted by atomic mass is 35.5. The summed E-state index contributed by atoms with van der Waals surface area (Å²) in [6, 6.07) is 2.95. The maximum atomic E-state index is 12.5. The molecule has 0 unspecified atom stereocenters. The van der Waals surface area contributed by atoms with Crippen LogP contribution in [0.3, 0.4) is 0 Å². The number of hydrogen-bond donors (Lipinski definition) is 2. The minimum Gasteiger partial charge on any atom is -0.496 e. The molecule has 5 rings (SSSR count). The number of anilines is 1. The van der Waals surface area contributed by atoms with Gasteiger partial charge < -0.3 is 20.5 Å². The van der Waals surface area contributed by atoms with Crippen molar-refractivity contribution in [2.45, 2.75) is 51.5 Å². The second kappa shape index (κ2) is 7.71. The van der Waals surface area contributed by atoms with Crippen molar-refractivity contribution in [1.82, 2.24) is 5.32 Å². The molecule has 0 aromatic heterocycles.